The van der Waals surface area contributed by atoms with Crippen LogP contribution in [-0.4, -0.2) is 91.0 Å². The maximum Gasteiger partial charge on any atom is 0.236 e. The summed E-state index contributed by atoms with van der Waals surface area (Å²) < 4.78 is 0. The monoisotopic (exact) mass is 562 g/mol. The highest BCUT2D eigenvalue weighted by Crippen LogP contribution is 2.21. The van der Waals surface area contributed by atoms with Gasteiger partial charge in [0, 0.05) is 70.4 Å². The smallest absolute Gasteiger partial charge is 0.236 e. The molecule has 2 atom stereocenters. The van der Waals surface area contributed by atoms with Gasteiger partial charge in [0.1, 0.15) is 0 Å². The van der Waals surface area contributed by atoms with Gasteiger partial charge in [-0.1, -0.05) is 20.8 Å². The lowest BCUT2D eigenvalue weighted by molar-refractivity contribution is -0.135. The van der Waals surface area contributed by atoms with Crippen LogP contribution in [-0.2, 0) is 17.6 Å². The number of piperidine rings is 1. The Balaban J connectivity index is 0.00000341. The van der Waals surface area contributed by atoms with Crippen LogP contribution < -0.4 is 5.32 Å². The van der Waals surface area contributed by atoms with Gasteiger partial charge >= 0.3 is 0 Å². The molecule has 0 aromatic carbocycles. The Morgan fingerprint density at radius 3 is 2.45 bits per heavy atom. The molecule has 3 rings (SSSR count). The molecule has 1 amide bonds. The fraction of sp³-hybridized carbons (Fsp3) is 0.773. The van der Waals surface area contributed by atoms with Crippen LogP contribution in [0.3, 0.4) is 0 Å². The number of halogens is 1. The van der Waals surface area contributed by atoms with Crippen molar-refractivity contribution in [1.82, 2.24) is 25.0 Å². The number of rotatable bonds is 6. The number of piperazine rings is 1. The number of amides is 1. The molecule has 1 N–H and O–H groups in total. The van der Waals surface area contributed by atoms with Gasteiger partial charge in [-0.25, -0.2) is 4.98 Å². The molecule has 2 unspecified atom stereocenters. The first-order valence-electron chi connectivity index (χ1n) is 11.4. The summed E-state index contributed by atoms with van der Waals surface area (Å²) in [6, 6.07) is 0. The molecule has 2 aliphatic heterocycles. The van der Waals surface area contributed by atoms with Crippen LogP contribution in [0.1, 0.15) is 37.1 Å². The Bertz CT molecular complexity index is 709. The minimum Gasteiger partial charge on any atom is -0.356 e. The van der Waals surface area contributed by atoms with Crippen LogP contribution in [0.15, 0.2) is 11.2 Å². The van der Waals surface area contributed by atoms with E-state index >= 15 is 0 Å². The van der Waals surface area contributed by atoms with Crippen LogP contribution in [0.4, 0.5) is 0 Å². The molecule has 2 fully saturated rings. The second kappa shape index (κ2) is 12.9. The van der Waals surface area contributed by atoms with Crippen LogP contribution in [0.2, 0.25) is 0 Å². The molecule has 7 nitrogen and oxygen atoms in total. The predicted octanol–water partition coefficient (Wildman–Crippen LogP) is 2.56. The van der Waals surface area contributed by atoms with Gasteiger partial charge in [-0.2, -0.15) is 0 Å². The normalized spacial score (nSPS) is 22.9. The number of aromatic nitrogens is 1. The van der Waals surface area contributed by atoms with Gasteiger partial charge < -0.3 is 15.1 Å². The Kier molecular flexibility index (Phi) is 11.0. The lowest BCUT2D eigenvalue weighted by Gasteiger charge is -2.39. The summed E-state index contributed by atoms with van der Waals surface area (Å²) >= 11 is 1.80. The number of hydrogen-bond acceptors (Lipinski definition) is 5. The highest BCUT2D eigenvalue weighted by molar-refractivity contribution is 14.0. The number of aliphatic imine (C=N–C) groups is 1. The molecule has 3 heterocycles. The molecule has 0 bridgehead atoms. The minimum atomic E-state index is 0. The van der Waals surface area contributed by atoms with Crippen molar-refractivity contribution in [3.8, 4) is 0 Å². The third-order valence-electron chi connectivity index (χ3n) is 6.04. The fourth-order valence-electron chi connectivity index (χ4n) is 4.52. The Hall–Kier alpha value is -0.940. The van der Waals surface area contributed by atoms with E-state index in [0.717, 1.165) is 64.6 Å². The Labute approximate surface area is 208 Å². The number of guanidine groups is 1. The Morgan fingerprint density at radius 2 is 1.87 bits per heavy atom. The van der Waals surface area contributed by atoms with Gasteiger partial charge in [0.25, 0.3) is 0 Å². The number of nitrogens with one attached hydrogen (secondary N) is 1. The third kappa shape index (κ3) is 7.85. The van der Waals surface area contributed by atoms with Crippen LogP contribution in [0, 0.1) is 11.8 Å². The number of carbonyl (C=O) groups is 1. The molecule has 1 aromatic rings. The van der Waals surface area contributed by atoms with Gasteiger partial charge in [-0.15, -0.1) is 35.3 Å². The van der Waals surface area contributed by atoms with Gasteiger partial charge in [0.05, 0.1) is 11.6 Å². The van der Waals surface area contributed by atoms with Crippen LogP contribution in [0.5, 0.6) is 0 Å². The molecule has 176 valence electrons. The highest BCUT2D eigenvalue weighted by atomic mass is 127. The lowest BCUT2D eigenvalue weighted by Crippen LogP contribution is -2.55. The maximum absolute atomic E-state index is 12.8. The maximum atomic E-state index is 12.8. The van der Waals surface area contributed by atoms with E-state index in [9.17, 15) is 4.79 Å². The van der Waals surface area contributed by atoms with Crippen molar-refractivity contribution < 1.29 is 4.79 Å². The lowest BCUT2D eigenvalue weighted by atomic mass is 9.92. The van der Waals surface area contributed by atoms with E-state index in [1.807, 2.05) is 13.2 Å². The summed E-state index contributed by atoms with van der Waals surface area (Å²) in [5.41, 5.74) is 0. The van der Waals surface area contributed by atoms with E-state index in [4.69, 9.17) is 0 Å². The fourth-order valence-corrected chi connectivity index (χ4v) is 5.38. The van der Waals surface area contributed by atoms with Crippen LogP contribution >= 0.6 is 35.3 Å². The number of carbonyl (C=O) groups excluding carboxylic acids is 1. The zero-order chi connectivity index (χ0) is 21.5. The molecule has 0 radical (unpaired) electrons. The predicted molar refractivity (Wildman–Crippen MR) is 140 cm³/mol. The average molecular weight is 563 g/mol. The second-order valence-electron chi connectivity index (χ2n) is 8.81. The first-order chi connectivity index (χ1) is 14.5. The van der Waals surface area contributed by atoms with E-state index in [0.29, 0.717) is 24.3 Å². The summed E-state index contributed by atoms with van der Waals surface area (Å²) in [4.78, 5) is 29.7. The summed E-state index contributed by atoms with van der Waals surface area (Å²) in [6.45, 7) is 13.5. The largest absolute Gasteiger partial charge is 0.356 e. The standard InChI is InChI=1S/C22H38N6OS.HI/c1-5-19-13-25-20(30-19)6-7-24-22(23-4)27-10-8-26(9-11-27)16-21(29)28-14-17(2)12-18(3)15-28;/h13,17-18H,5-12,14-16H2,1-4H3,(H,23,24);1H. The molecule has 2 aliphatic rings. The number of aryl methyl sites for hydroxylation is 1. The summed E-state index contributed by atoms with van der Waals surface area (Å²) in [7, 11) is 1.84. The molecular formula is C22H39IN6OS. The van der Waals surface area contributed by atoms with Gasteiger partial charge in [0.15, 0.2) is 5.96 Å². The molecule has 2 saturated heterocycles. The molecular weight excluding hydrogens is 523 g/mol. The molecule has 31 heavy (non-hydrogen) atoms. The summed E-state index contributed by atoms with van der Waals surface area (Å²) in [5, 5.41) is 4.66. The van der Waals surface area contributed by atoms with Gasteiger partial charge in [-0.05, 0) is 24.7 Å². The second-order valence-corrected chi connectivity index (χ2v) is 10.0. The van der Waals surface area contributed by atoms with E-state index in [1.165, 1.54) is 16.3 Å². The van der Waals surface area contributed by atoms with Crippen molar-refractivity contribution >= 4 is 47.2 Å². The van der Waals surface area contributed by atoms with Crippen molar-refractivity contribution in [2.75, 3.05) is 59.4 Å². The Morgan fingerprint density at radius 1 is 1.19 bits per heavy atom. The molecule has 0 saturated carbocycles. The van der Waals surface area contributed by atoms with Crippen molar-refractivity contribution in [1.29, 1.82) is 0 Å². The summed E-state index contributed by atoms with van der Waals surface area (Å²) in [5.74, 6) is 2.47. The van der Waals surface area contributed by atoms with E-state index in [-0.39, 0.29) is 24.0 Å². The molecule has 0 aliphatic carbocycles. The topological polar surface area (TPSA) is 64.1 Å². The zero-order valence-electron chi connectivity index (χ0n) is 19.5. The highest BCUT2D eigenvalue weighted by Gasteiger charge is 2.28. The van der Waals surface area contributed by atoms with E-state index < -0.39 is 0 Å². The number of likely N-dealkylation sites (tertiary alicyclic amines) is 1. The van der Waals surface area contributed by atoms with Crippen molar-refractivity contribution in [2.45, 2.75) is 40.0 Å². The summed E-state index contributed by atoms with van der Waals surface area (Å²) in [6.07, 6.45) is 5.19. The van der Waals surface area contributed by atoms with E-state index in [2.05, 4.69) is 50.8 Å². The minimum absolute atomic E-state index is 0. The van der Waals surface area contributed by atoms with Gasteiger partial charge in [-0.3, -0.25) is 14.7 Å². The number of thiazole rings is 1. The third-order valence-corrected chi connectivity index (χ3v) is 7.24. The van der Waals surface area contributed by atoms with Crippen molar-refractivity contribution in [3.63, 3.8) is 0 Å². The van der Waals surface area contributed by atoms with Gasteiger partial charge in [0.2, 0.25) is 5.91 Å². The first-order valence-corrected chi connectivity index (χ1v) is 12.2. The molecule has 0 spiro atoms. The van der Waals surface area contributed by atoms with Crippen molar-refractivity contribution in [2.24, 2.45) is 16.8 Å². The van der Waals surface area contributed by atoms with E-state index in [1.54, 1.807) is 11.3 Å². The average Bonchev–Trinajstić information content (AvgIpc) is 3.19. The first kappa shape index (κ1) is 26.3. The van der Waals surface area contributed by atoms with Crippen molar-refractivity contribution in [3.05, 3.63) is 16.1 Å². The zero-order valence-corrected chi connectivity index (χ0v) is 22.6. The molecule has 1 aromatic heterocycles. The number of nitrogens with zero attached hydrogens (tertiary/aromatic N) is 5. The quantitative estimate of drug-likeness (QED) is 0.328. The molecule has 9 heteroatoms. The number of hydrogen-bond donors (Lipinski definition) is 1. The van der Waals surface area contributed by atoms with Crippen LogP contribution in [0.25, 0.3) is 0 Å². The SMILES string of the molecule is CCc1cnc(CCNC(=NC)N2CCN(CC(=O)N3CC(C)CC(C)C3)CC2)s1.I.